The molecule has 1 aromatic carbocycles. The Labute approximate surface area is 211 Å². The minimum Gasteiger partial charge on any atom is -0.482 e. The molecule has 3 heterocycles. The van der Waals surface area contributed by atoms with E-state index in [2.05, 4.69) is 31.3 Å². The highest BCUT2D eigenvalue weighted by molar-refractivity contribution is 6.00. The van der Waals surface area contributed by atoms with Gasteiger partial charge in [0.15, 0.2) is 18.1 Å². The van der Waals surface area contributed by atoms with Crippen molar-refractivity contribution in [1.82, 2.24) is 30.5 Å². The number of aromatic nitrogens is 3. The molecule has 0 saturated heterocycles. The molecule has 0 aliphatic carbocycles. The molecule has 1 aliphatic rings. The molecule has 1 atom stereocenters. The van der Waals surface area contributed by atoms with E-state index >= 15 is 0 Å². The van der Waals surface area contributed by atoms with Crippen LogP contribution in [-0.2, 0) is 16.1 Å². The van der Waals surface area contributed by atoms with Gasteiger partial charge in [0, 0.05) is 18.2 Å². The van der Waals surface area contributed by atoms with Gasteiger partial charge in [-0.05, 0) is 45.4 Å². The topological polar surface area (TPSA) is 156 Å². The van der Waals surface area contributed by atoms with Gasteiger partial charge in [0.05, 0.1) is 11.9 Å². The lowest BCUT2D eigenvalue weighted by atomic mass is 10.1. The van der Waals surface area contributed by atoms with Gasteiger partial charge in [0.2, 0.25) is 5.91 Å². The Balaban J connectivity index is 1.53. The summed E-state index contributed by atoms with van der Waals surface area (Å²) in [4.78, 5) is 53.8. The predicted octanol–water partition coefficient (Wildman–Crippen LogP) is 1.16. The summed E-state index contributed by atoms with van der Waals surface area (Å²) >= 11 is 0. The second kappa shape index (κ2) is 9.84. The molecule has 37 heavy (non-hydrogen) atoms. The molecular formula is C24H26FN7O5. The number of hydrogen-bond donors (Lipinski definition) is 4. The van der Waals surface area contributed by atoms with Crippen LogP contribution in [0.25, 0.3) is 5.65 Å². The fraction of sp³-hybridized carbons (Fsp3) is 0.333. The van der Waals surface area contributed by atoms with Crippen LogP contribution in [0.1, 0.15) is 54.2 Å². The number of ether oxygens (including phenoxy) is 1. The lowest BCUT2D eigenvalue weighted by molar-refractivity contribution is -0.124. The minimum atomic E-state index is -0.916. The van der Waals surface area contributed by atoms with Gasteiger partial charge >= 0.3 is 0 Å². The van der Waals surface area contributed by atoms with Crippen LogP contribution in [-0.4, -0.2) is 56.4 Å². The first-order chi connectivity index (χ1) is 17.4. The van der Waals surface area contributed by atoms with E-state index in [1.807, 2.05) is 0 Å². The molecule has 4 rings (SSSR count). The number of hydrogen-bond acceptors (Lipinski definition) is 7. The van der Waals surface area contributed by atoms with E-state index in [4.69, 9.17) is 4.74 Å². The molecule has 0 spiro atoms. The molecular weight excluding hydrogens is 485 g/mol. The maximum absolute atomic E-state index is 14.3. The molecule has 12 nitrogen and oxygen atoms in total. The largest absolute Gasteiger partial charge is 0.482 e. The fourth-order valence-corrected chi connectivity index (χ4v) is 3.54. The molecule has 13 heteroatoms. The van der Waals surface area contributed by atoms with Gasteiger partial charge in [-0.3, -0.25) is 19.2 Å². The standard InChI is InChI=1S/C24H26FN7O5/c1-12(21(34)31-24(2,3)4)28-23(36)17-8-16(30-20-14(25)10-27-32(17)20)22(35)26-9-13-5-6-18-15(7-13)29-19(33)11-37-18/h5-8,10,12H,9,11H2,1-4H3,(H,26,35)(H,28,36)(H,29,33)(H,31,34)/t12-/m0/s1. The Bertz CT molecular complexity index is 1410. The maximum Gasteiger partial charge on any atom is 0.270 e. The van der Waals surface area contributed by atoms with Crippen molar-refractivity contribution >= 4 is 35.0 Å². The highest BCUT2D eigenvalue weighted by Gasteiger charge is 2.25. The van der Waals surface area contributed by atoms with Crippen molar-refractivity contribution in [2.75, 3.05) is 11.9 Å². The van der Waals surface area contributed by atoms with Gasteiger partial charge in [-0.2, -0.15) is 5.10 Å². The average molecular weight is 512 g/mol. The van der Waals surface area contributed by atoms with Crippen molar-refractivity contribution in [3.05, 3.63) is 53.2 Å². The Morgan fingerprint density at radius 2 is 1.97 bits per heavy atom. The van der Waals surface area contributed by atoms with E-state index < -0.39 is 35.1 Å². The zero-order valence-corrected chi connectivity index (χ0v) is 20.6. The summed E-state index contributed by atoms with van der Waals surface area (Å²) in [5.74, 6) is -2.43. The lowest BCUT2D eigenvalue weighted by Crippen LogP contribution is -2.51. The van der Waals surface area contributed by atoms with E-state index in [1.165, 1.54) is 13.0 Å². The van der Waals surface area contributed by atoms with Crippen molar-refractivity contribution in [2.24, 2.45) is 0 Å². The number of carbonyl (C=O) groups is 4. The van der Waals surface area contributed by atoms with E-state index in [0.29, 0.717) is 17.0 Å². The van der Waals surface area contributed by atoms with Crippen LogP contribution in [0.3, 0.4) is 0 Å². The van der Waals surface area contributed by atoms with Crippen molar-refractivity contribution < 1.29 is 28.3 Å². The molecule has 3 aromatic rings. The third kappa shape index (κ3) is 5.82. The number of benzene rings is 1. The Kier molecular flexibility index (Phi) is 6.79. The molecule has 4 N–H and O–H groups in total. The van der Waals surface area contributed by atoms with Gasteiger partial charge in [-0.25, -0.2) is 13.9 Å². The second-order valence-corrected chi connectivity index (χ2v) is 9.54. The highest BCUT2D eigenvalue weighted by Crippen LogP contribution is 2.28. The highest BCUT2D eigenvalue weighted by atomic mass is 19.1. The quantitative estimate of drug-likeness (QED) is 0.387. The number of nitrogens with zero attached hydrogens (tertiary/aromatic N) is 3. The number of fused-ring (bicyclic) bond motifs is 2. The molecule has 1 aliphatic heterocycles. The van der Waals surface area contributed by atoms with Crippen molar-refractivity contribution in [3.8, 4) is 5.75 Å². The van der Waals surface area contributed by atoms with Crippen LogP contribution >= 0.6 is 0 Å². The molecule has 0 saturated carbocycles. The average Bonchev–Trinajstić information content (AvgIpc) is 3.21. The maximum atomic E-state index is 14.3. The Hall–Kier alpha value is -4.55. The molecule has 0 fully saturated rings. The van der Waals surface area contributed by atoms with Gasteiger partial charge in [-0.15, -0.1) is 0 Å². The summed E-state index contributed by atoms with van der Waals surface area (Å²) < 4.78 is 20.6. The summed E-state index contributed by atoms with van der Waals surface area (Å²) in [6.45, 7) is 6.90. The van der Waals surface area contributed by atoms with Crippen LogP contribution in [0.2, 0.25) is 0 Å². The first kappa shape index (κ1) is 25.5. The van der Waals surface area contributed by atoms with Crippen LogP contribution in [0.5, 0.6) is 5.75 Å². The minimum absolute atomic E-state index is 0.0577. The first-order valence-electron chi connectivity index (χ1n) is 11.4. The monoisotopic (exact) mass is 511 g/mol. The van der Waals surface area contributed by atoms with Crippen molar-refractivity contribution in [1.29, 1.82) is 0 Å². The third-order valence-corrected chi connectivity index (χ3v) is 5.26. The Morgan fingerprint density at radius 3 is 2.70 bits per heavy atom. The summed E-state index contributed by atoms with van der Waals surface area (Å²) in [7, 11) is 0. The van der Waals surface area contributed by atoms with Gasteiger partial charge in [-0.1, -0.05) is 6.07 Å². The molecule has 0 bridgehead atoms. The van der Waals surface area contributed by atoms with Crippen LogP contribution in [0, 0.1) is 5.82 Å². The molecule has 0 radical (unpaired) electrons. The number of nitrogens with one attached hydrogen (secondary N) is 4. The van der Waals surface area contributed by atoms with Crippen LogP contribution < -0.4 is 26.0 Å². The van der Waals surface area contributed by atoms with Gasteiger partial charge in [0.25, 0.3) is 17.7 Å². The second-order valence-electron chi connectivity index (χ2n) is 9.54. The van der Waals surface area contributed by atoms with Crippen molar-refractivity contribution in [2.45, 2.75) is 45.8 Å². The number of halogens is 1. The summed E-state index contributed by atoms with van der Waals surface area (Å²) in [6, 6.07) is 5.29. The summed E-state index contributed by atoms with van der Waals surface area (Å²) in [6.07, 6.45) is 0.875. The number of amides is 4. The molecule has 194 valence electrons. The SMILES string of the molecule is C[C@H](NC(=O)c1cc(C(=O)NCc2ccc3c(c2)NC(=O)CO3)nc2c(F)cnn12)C(=O)NC(C)(C)C. The zero-order chi connectivity index (χ0) is 26.9. The van der Waals surface area contributed by atoms with Crippen LogP contribution in [0.15, 0.2) is 30.5 Å². The number of rotatable bonds is 6. The Morgan fingerprint density at radius 1 is 1.22 bits per heavy atom. The van der Waals surface area contributed by atoms with E-state index in [-0.39, 0.29) is 36.1 Å². The molecule has 0 unspecified atom stereocenters. The van der Waals surface area contributed by atoms with Crippen molar-refractivity contribution in [3.63, 3.8) is 0 Å². The third-order valence-electron chi connectivity index (χ3n) is 5.26. The smallest absolute Gasteiger partial charge is 0.270 e. The van der Waals surface area contributed by atoms with E-state index in [9.17, 15) is 23.6 Å². The molecule has 4 amide bonds. The lowest BCUT2D eigenvalue weighted by Gasteiger charge is -2.23. The first-order valence-corrected chi connectivity index (χ1v) is 11.4. The zero-order valence-electron chi connectivity index (χ0n) is 20.6. The summed E-state index contributed by atoms with van der Waals surface area (Å²) in [5, 5.41) is 14.5. The normalized spacial score (nSPS) is 13.7. The van der Waals surface area contributed by atoms with Gasteiger partial charge in [0.1, 0.15) is 23.2 Å². The molecule has 2 aromatic heterocycles. The summed E-state index contributed by atoms with van der Waals surface area (Å²) in [5.41, 5.74) is -0.0917. The predicted molar refractivity (Wildman–Crippen MR) is 130 cm³/mol. The van der Waals surface area contributed by atoms with E-state index in [0.717, 1.165) is 10.7 Å². The van der Waals surface area contributed by atoms with E-state index in [1.54, 1.807) is 39.0 Å². The van der Waals surface area contributed by atoms with Gasteiger partial charge < -0.3 is 26.0 Å². The fourth-order valence-electron chi connectivity index (χ4n) is 3.54. The number of anilines is 1. The number of carbonyl (C=O) groups excluding carboxylic acids is 4. The van der Waals surface area contributed by atoms with Crippen LogP contribution in [0.4, 0.5) is 10.1 Å².